The second-order valence-electron chi connectivity index (χ2n) is 6.54. The molecule has 1 atom stereocenters. The number of aromatic nitrogens is 1. The number of rotatable bonds is 6. The van der Waals surface area contributed by atoms with E-state index < -0.39 is 5.82 Å². The fraction of sp³-hybridized carbons (Fsp3) is 0.300. The Labute approximate surface area is 155 Å². The Morgan fingerprint density at radius 3 is 2.78 bits per heavy atom. The first-order valence-corrected chi connectivity index (χ1v) is 8.99. The van der Waals surface area contributed by atoms with Crippen molar-refractivity contribution in [3.8, 4) is 11.3 Å². The first-order chi connectivity index (χ1) is 13.2. The predicted octanol–water partition coefficient (Wildman–Crippen LogP) is 3.64. The summed E-state index contributed by atoms with van der Waals surface area (Å²) in [5.74, 6) is 0.259. The van der Waals surface area contributed by atoms with Gasteiger partial charge in [0.2, 0.25) is 0 Å². The SMILES string of the molecule is O=C(NCC(c1ccco1)N1CCCC1)c1cc(-c2ccccc2F)on1. The van der Waals surface area contributed by atoms with Gasteiger partial charge in [0.05, 0.1) is 17.9 Å². The average molecular weight is 369 g/mol. The van der Waals surface area contributed by atoms with Crippen molar-refractivity contribution in [1.29, 1.82) is 0 Å². The summed E-state index contributed by atoms with van der Waals surface area (Å²) in [5, 5.41) is 6.67. The molecular weight excluding hydrogens is 349 g/mol. The quantitative estimate of drug-likeness (QED) is 0.718. The van der Waals surface area contributed by atoms with Crippen LogP contribution >= 0.6 is 0 Å². The summed E-state index contributed by atoms with van der Waals surface area (Å²) in [5.41, 5.74) is 0.391. The van der Waals surface area contributed by atoms with Crippen molar-refractivity contribution >= 4 is 5.91 Å². The minimum Gasteiger partial charge on any atom is -0.468 e. The van der Waals surface area contributed by atoms with Crippen molar-refractivity contribution in [2.24, 2.45) is 0 Å². The molecule has 1 fully saturated rings. The van der Waals surface area contributed by atoms with Gasteiger partial charge in [-0.2, -0.15) is 0 Å². The van der Waals surface area contributed by atoms with E-state index in [0.717, 1.165) is 31.7 Å². The number of benzene rings is 1. The summed E-state index contributed by atoms with van der Waals surface area (Å²) in [6.45, 7) is 2.35. The van der Waals surface area contributed by atoms with Crippen LogP contribution in [-0.4, -0.2) is 35.6 Å². The van der Waals surface area contributed by atoms with E-state index in [2.05, 4.69) is 15.4 Å². The molecule has 1 aliphatic rings. The van der Waals surface area contributed by atoms with Gasteiger partial charge >= 0.3 is 0 Å². The lowest BCUT2D eigenvalue weighted by Gasteiger charge is -2.25. The van der Waals surface area contributed by atoms with Crippen LogP contribution in [0.2, 0.25) is 0 Å². The maximum Gasteiger partial charge on any atom is 0.273 e. The first-order valence-electron chi connectivity index (χ1n) is 8.99. The number of hydrogen-bond donors (Lipinski definition) is 1. The zero-order chi connectivity index (χ0) is 18.6. The molecule has 27 heavy (non-hydrogen) atoms. The molecule has 6 nitrogen and oxygen atoms in total. The Balaban J connectivity index is 1.45. The van der Waals surface area contributed by atoms with Gasteiger partial charge in [0, 0.05) is 12.6 Å². The highest BCUT2D eigenvalue weighted by Crippen LogP contribution is 2.26. The summed E-state index contributed by atoms with van der Waals surface area (Å²) >= 11 is 0. The molecule has 140 valence electrons. The van der Waals surface area contributed by atoms with Crippen LogP contribution in [0.25, 0.3) is 11.3 Å². The van der Waals surface area contributed by atoms with E-state index in [1.165, 1.54) is 12.1 Å². The molecule has 3 heterocycles. The lowest BCUT2D eigenvalue weighted by atomic mass is 10.1. The lowest BCUT2D eigenvalue weighted by Crippen LogP contribution is -2.36. The Bertz CT molecular complexity index is 901. The third-order valence-electron chi connectivity index (χ3n) is 4.79. The maximum absolute atomic E-state index is 13.9. The fourth-order valence-electron chi connectivity index (χ4n) is 3.39. The highest BCUT2D eigenvalue weighted by molar-refractivity contribution is 5.93. The fourth-order valence-corrected chi connectivity index (χ4v) is 3.39. The number of halogens is 1. The van der Waals surface area contributed by atoms with Gasteiger partial charge in [-0.05, 0) is 50.2 Å². The lowest BCUT2D eigenvalue weighted by molar-refractivity contribution is 0.0925. The summed E-state index contributed by atoms with van der Waals surface area (Å²) in [7, 11) is 0. The summed E-state index contributed by atoms with van der Waals surface area (Å²) in [6, 6.07) is 11.4. The molecule has 2 aromatic heterocycles. The van der Waals surface area contributed by atoms with Gasteiger partial charge in [0.1, 0.15) is 11.6 Å². The van der Waals surface area contributed by atoms with E-state index in [1.807, 2.05) is 12.1 Å². The van der Waals surface area contributed by atoms with E-state index in [4.69, 9.17) is 8.94 Å². The van der Waals surface area contributed by atoms with E-state index in [1.54, 1.807) is 24.5 Å². The van der Waals surface area contributed by atoms with Crippen LogP contribution in [0.1, 0.15) is 35.1 Å². The Hall–Kier alpha value is -2.93. The minimum absolute atomic E-state index is 0.0237. The molecule has 0 bridgehead atoms. The molecule has 0 spiro atoms. The van der Waals surface area contributed by atoms with Gasteiger partial charge < -0.3 is 14.3 Å². The number of nitrogens with one attached hydrogen (secondary N) is 1. The standard InChI is InChI=1S/C20H20FN3O3/c21-15-7-2-1-6-14(15)19-12-16(23-27-19)20(25)22-13-17(18-8-5-11-26-18)24-9-3-4-10-24/h1-2,5-8,11-12,17H,3-4,9-10,13H2,(H,22,25). The molecular formula is C20H20FN3O3. The van der Waals surface area contributed by atoms with Gasteiger partial charge in [0.15, 0.2) is 11.5 Å². The monoisotopic (exact) mass is 369 g/mol. The Kier molecular flexibility index (Phi) is 5.02. The number of likely N-dealkylation sites (tertiary alicyclic amines) is 1. The number of carbonyl (C=O) groups is 1. The van der Waals surface area contributed by atoms with Crippen LogP contribution in [0.15, 0.2) is 57.7 Å². The Morgan fingerprint density at radius 1 is 1.22 bits per heavy atom. The Morgan fingerprint density at radius 2 is 2.04 bits per heavy atom. The van der Waals surface area contributed by atoms with E-state index in [-0.39, 0.29) is 29.0 Å². The van der Waals surface area contributed by atoms with Crippen LogP contribution < -0.4 is 5.32 Å². The molecule has 1 N–H and O–H groups in total. The van der Waals surface area contributed by atoms with Crippen molar-refractivity contribution in [1.82, 2.24) is 15.4 Å². The molecule has 4 rings (SSSR count). The topological polar surface area (TPSA) is 71.5 Å². The maximum atomic E-state index is 13.9. The second-order valence-corrected chi connectivity index (χ2v) is 6.54. The van der Waals surface area contributed by atoms with Gasteiger partial charge in [-0.15, -0.1) is 0 Å². The van der Waals surface area contributed by atoms with Crippen molar-refractivity contribution < 1.29 is 18.1 Å². The number of nitrogens with zero attached hydrogens (tertiary/aromatic N) is 2. The smallest absolute Gasteiger partial charge is 0.273 e. The largest absolute Gasteiger partial charge is 0.468 e. The molecule has 3 aromatic rings. The summed E-state index contributed by atoms with van der Waals surface area (Å²) < 4.78 is 24.6. The van der Waals surface area contributed by atoms with Crippen molar-refractivity contribution in [2.75, 3.05) is 19.6 Å². The van der Waals surface area contributed by atoms with Crippen molar-refractivity contribution in [3.05, 3.63) is 66.0 Å². The highest BCUT2D eigenvalue weighted by atomic mass is 19.1. The summed E-state index contributed by atoms with van der Waals surface area (Å²) in [6.07, 6.45) is 3.92. The van der Waals surface area contributed by atoms with E-state index in [9.17, 15) is 9.18 Å². The van der Waals surface area contributed by atoms with Gasteiger partial charge in [-0.25, -0.2) is 4.39 Å². The van der Waals surface area contributed by atoms with Gasteiger partial charge in [-0.1, -0.05) is 17.3 Å². The molecule has 1 aliphatic heterocycles. The molecule has 0 aliphatic carbocycles. The van der Waals surface area contributed by atoms with Gasteiger partial charge in [-0.3, -0.25) is 9.69 Å². The second kappa shape index (κ2) is 7.75. The normalized spacial score (nSPS) is 15.7. The van der Waals surface area contributed by atoms with Crippen LogP contribution in [-0.2, 0) is 0 Å². The van der Waals surface area contributed by atoms with E-state index in [0.29, 0.717) is 6.54 Å². The average Bonchev–Trinajstić information content (AvgIpc) is 3.44. The number of amides is 1. The molecule has 1 amide bonds. The van der Waals surface area contributed by atoms with Crippen molar-refractivity contribution in [2.45, 2.75) is 18.9 Å². The molecule has 7 heteroatoms. The highest BCUT2D eigenvalue weighted by Gasteiger charge is 2.26. The molecule has 0 saturated carbocycles. The molecule has 1 saturated heterocycles. The van der Waals surface area contributed by atoms with Crippen LogP contribution in [0, 0.1) is 5.82 Å². The number of hydrogen-bond acceptors (Lipinski definition) is 5. The zero-order valence-electron chi connectivity index (χ0n) is 14.7. The minimum atomic E-state index is -0.424. The van der Waals surface area contributed by atoms with Crippen LogP contribution in [0.3, 0.4) is 0 Å². The van der Waals surface area contributed by atoms with Crippen LogP contribution in [0.4, 0.5) is 4.39 Å². The summed E-state index contributed by atoms with van der Waals surface area (Å²) in [4.78, 5) is 14.8. The molecule has 1 unspecified atom stereocenters. The van der Waals surface area contributed by atoms with Crippen LogP contribution in [0.5, 0.6) is 0 Å². The molecule has 1 aromatic carbocycles. The zero-order valence-corrected chi connectivity index (χ0v) is 14.7. The third-order valence-corrected chi connectivity index (χ3v) is 4.79. The predicted molar refractivity (Wildman–Crippen MR) is 96.5 cm³/mol. The number of furan rings is 1. The number of carbonyl (C=O) groups excluding carboxylic acids is 1. The van der Waals surface area contributed by atoms with E-state index >= 15 is 0 Å². The van der Waals surface area contributed by atoms with Crippen molar-refractivity contribution in [3.63, 3.8) is 0 Å². The van der Waals surface area contributed by atoms with Gasteiger partial charge in [0.25, 0.3) is 5.91 Å². The third kappa shape index (κ3) is 3.78. The first kappa shape index (κ1) is 17.5. The molecule has 0 radical (unpaired) electrons.